The van der Waals surface area contributed by atoms with Gasteiger partial charge in [-0.25, -0.2) is 0 Å². The maximum absolute atomic E-state index is 12.6. The number of carbonyl (C=O) groups excluding carboxylic acids is 2. The number of hydrogen-bond acceptors (Lipinski definition) is 4. The number of carboxylic acid groups (broad SMARTS) is 1. The number of hydrogen-bond donors (Lipinski definition) is 1. The predicted molar refractivity (Wildman–Crippen MR) is 98.1 cm³/mol. The molecule has 148 valence electrons. The molecule has 8 heteroatoms. The summed E-state index contributed by atoms with van der Waals surface area (Å²) in [5.41, 5.74) is 0.844. The summed E-state index contributed by atoms with van der Waals surface area (Å²) in [6.07, 6.45) is 7.54. The van der Waals surface area contributed by atoms with Crippen molar-refractivity contribution in [1.29, 1.82) is 0 Å². The van der Waals surface area contributed by atoms with Crippen molar-refractivity contribution >= 4 is 17.8 Å². The number of amides is 2. The van der Waals surface area contributed by atoms with E-state index in [-0.39, 0.29) is 24.3 Å². The normalized spacial score (nSPS) is 21.2. The van der Waals surface area contributed by atoms with Crippen molar-refractivity contribution in [2.45, 2.75) is 57.4 Å². The van der Waals surface area contributed by atoms with Gasteiger partial charge in [0.05, 0.1) is 5.69 Å². The Labute approximate surface area is 159 Å². The van der Waals surface area contributed by atoms with Gasteiger partial charge in [0, 0.05) is 51.1 Å². The van der Waals surface area contributed by atoms with Gasteiger partial charge in [-0.15, -0.1) is 0 Å². The largest absolute Gasteiger partial charge is 0.480 e. The van der Waals surface area contributed by atoms with E-state index in [2.05, 4.69) is 5.10 Å². The minimum absolute atomic E-state index is 0.0849. The zero-order valence-electron chi connectivity index (χ0n) is 15.7. The molecule has 3 heterocycles. The highest BCUT2D eigenvalue weighted by Crippen LogP contribution is 2.26. The molecule has 2 aliphatic heterocycles. The number of aromatic nitrogens is 2. The number of rotatable bonds is 6. The Hall–Kier alpha value is -2.38. The van der Waals surface area contributed by atoms with E-state index < -0.39 is 5.97 Å². The Bertz CT molecular complexity index is 687. The van der Waals surface area contributed by atoms with E-state index in [0.717, 1.165) is 50.9 Å². The fourth-order valence-electron chi connectivity index (χ4n) is 3.93. The molecule has 0 saturated carbocycles. The zero-order chi connectivity index (χ0) is 19.2. The van der Waals surface area contributed by atoms with Crippen molar-refractivity contribution in [3.05, 3.63) is 18.0 Å². The first kappa shape index (κ1) is 19.4. The van der Waals surface area contributed by atoms with Gasteiger partial charge >= 0.3 is 5.97 Å². The molecular weight excluding hydrogens is 348 g/mol. The van der Waals surface area contributed by atoms with Crippen LogP contribution in [-0.4, -0.2) is 68.6 Å². The second kappa shape index (κ2) is 9.01. The third-order valence-electron chi connectivity index (χ3n) is 5.42. The van der Waals surface area contributed by atoms with Gasteiger partial charge in [0.25, 0.3) is 0 Å². The molecule has 0 aliphatic carbocycles. The second-order valence-electron chi connectivity index (χ2n) is 7.45. The van der Waals surface area contributed by atoms with E-state index in [1.54, 1.807) is 6.20 Å². The summed E-state index contributed by atoms with van der Waals surface area (Å²) in [5.74, 6) is -0.534. The topological polar surface area (TPSA) is 95.7 Å². The van der Waals surface area contributed by atoms with Crippen LogP contribution in [0.1, 0.15) is 56.6 Å². The van der Waals surface area contributed by atoms with Crippen LogP contribution in [0.3, 0.4) is 0 Å². The van der Waals surface area contributed by atoms with Crippen molar-refractivity contribution < 1.29 is 19.5 Å². The summed E-state index contributed by atoms with van der Waals surface area (Å²) in [7, 11) is 0. The van der Waals surface area contributed by atoms with Gasteiger partial charge in [-0.3, -0.25) is 19.1 Å². The lowest BCUT2D eigenvalue weighted by atomic mass is 9.95. The van der Waals surface area contributed by atoms with Crippen LogP contribution in [0.2, 0.25) is 0 Å². The van der Waals surface area contributed by atoms with Gasteiger partial charge in [-0.1, -0.05) is 6.42 Å². The molecule has 1 aromatic rings. The number of piperidine rings is 1. The summed E-state index contributed by atoms with van der Waals surface area (Å²) in [4.78, 5) is 39.2. The number of carboxylic acids is 1. The molecule has 8 nitrogen and oxygen atoms in total. The average Bonchev–Trinajstić information content (AvgIpc) is 3.01. The first-order chi connectivity index (χ1) is 13.0. The van der Waals surface area contributed by atoms with Gasteiger partial charge in [0.1, 0.15) is 6.54 Å². The summed E-state index contributed by atoms with van der Waals surface area (Å²) in [6, 6.07) is 1.84. The van der Waals surface area contributed by atoms with Crippen molar-refractivity contribution in [3.63, 3.8) is 0 Å². The molecule has 3 rings (SSSR count). The highest BCUT2D eigenvalue weighted by molar-refractivity contribution is 5.79. The molecule has 0 radical (unpaired) electrons. The first-order valence-electron chi connectivity index (χ1n) is 9.83. The van der Waals surface area contributed by atoms with Crippen molar-refractivity contribution in [1.82, 2.24) is 19.6 Å². The molecule has 1 aromatic heterocycles. The molecule has 0 spiro atoms. The fourth-order valence-corrected chi connectivity index (χ4v) is 3.93. The first-order valence-corrected chi connectivity index (χ1v) is 9.83. The van der Waals surface area contributed by atoms with E-state index in [1.807, 2.05) is 15.9 Å². The van der Waals surface area contributed by atoms with Crippen LogP contribution in [0.15, 0.2) is 12.3 Å². The Morgan fingerprint density at radius 2 is 2.04 bits per heavy atom. The highest BCUT2D eigenvalue weighted by atomic mass is 16.4. The number of likely N-dealkylation sites (tertiary alicyclic amines) is 2. The van der Waals surface area contributed by atoms with Crippen LogP contribution in [0, 0.1) is 0 Å². The van der Waals surface area contributed by atoms with Crippen LogP contribution in [0.4, 0.5) is 0 Å². The molecule has 0 unspecified atom stereocenters. The maximum Gasteiger partial charge on any atom is 0.325 e. The van der Waals surface area contributed by atoms with Gasteiger partial charge in [0.2, 0.25) is 11.8 Å². The number of aliphatic carboxylic acids is 1. The molecule has 2 fully saturated rings. The van der Waals surface area contributed by atoms with E-state index in [4.69, 9.17) is 5.11 Å². The van der Waals surface area contributed by atoms with Gasteiger partial charge < -0.3 is 14.9 Å². The van der Waals surface area contributed by atoms with Crippen molar-refractivity contribution in [3.8, 4) is 0 Å². The summed E-state index contributed by atoms with van der Waals surface area (Å²) >= 11 is 0. The molecule has 0 aromatic carbocycles. The van der Waals surface area contributed by atoms with E-state index in [0.29, 0.717) is 25.9 Å². The lowest BCUT2D eigenvalue weighted by Crippen LogP contribution is -2.41. The van der Waals surface area contributed by atoms with Crippen LogP contribution in [-0.2, 0) is 20.9 Å². The molecule has 0 bridgehead atoms. The Morgan fingerprint density at radius 1 is 1.19 bits per heavy atom. The molecule has 27 heavy (non-hydrogen) atoms. The zero-order valence-corrected chi connectivity index (χ0v) is 15.7. The SMILES string of the molecule is O=C(O)Cn1ccc([C@@H]2CCCN(C(=O)CCN3CCCCCC3=O)C2)n1. The van der Waals surface area contributed by atoms with E-state index in [1.165, 1.54) is 4.68 Å². The molecule has 1 atom stereocenters. The lowest BCUT2D eigenvalue weighted by molar-refractivity contribution is -0.138. The minimum atomic E-state index is -0.923. The number of carbonyl (C=O) groups is 3. The van der Waals surface area contributed by atoms with Crippen LogP contribution < -0.4 is 0 Å². The molecule has 2 aliphatic rings. The molecule has 2 saturated heterocycles. The smallest absolute Gasteiger partial charge is 0.325 e. The molecule has 2 amide bonds. The minimum Gasteiger partial charge on any atom is -0.480 e. The standard InChI is InChI=1S/C19H28N4O4/c24-17-6-2-1-3-9-21(17)11-8-18(25)22-10-4-5-15(13-22)16-7-12-23(20-16)14-19(26)27/h7,12,15H,1-6,8-11,13-14H2,(H,26,27)/t15-/m1/s1. The van der Waals surface area contributed by atoms with E-state index >= 15 is 0 Å². The molecule has 1 N–H and O–H groups in total. The Kier molecular flexibility index (Phi) is 6.47. The highest BCUT2D eigenvalue weighted by Gasteiger charge is 2.27. The van der Waals surface area contributed by atoms with Gasteiger partial charge in [-0.2, -0.15) is 5.10 Å². The Balaban J connectivity index is 1.52. The monoisotopic (exact) mass is 376 g/mol. The second-order valence-corrected chi connectivity index (χ2v) is 7.45. The van der Waals surface area contributed by atoms with E-state index in [9.17, 15) is 14.4 Å². The fraction of sp³-hybridized carbons (Fsp3) is 0.684. The summed E-state index contributed by atoms with van der Waals surface area (Å²) in [5, 5.41) is 13.2. The Morgan fingerprint density at radius 3 is 2.85 bits per heavy atom. The van der Waals surface area contributed by atoms with Crippen molar-refractivity contribution in [2.75, 3.05) is 26.2 Å². The van der Waals surface area contributed by atoms with Crippen LogP contribution in [0.25, 0.3) is 0 Å². The molecular formula is C19H28N4O4. The summed E-state index contributed by atoms with van der Waals surface area (Å²) in [6.45, 7) is 2.46. The van der Waals surface area contributed by atoms with Crippen molar-refractivity contribution in [2.24, 2.45) is 0 Å². The quantitative estimate of drug-likeness (QED) is 0.811. The maximum atomic E-state index is 12.6. The van der Waals surface area contributed by atoms with Gasteiger partial charge in [0.15, 0.2) is 0 Å². The summed E-state index contributed by atoms with van der Waals surface area (Å²) < 4.78 is 1.42. The average molecular weight is 376 g/mol. The van der Waals surface area contributed by atoms with Crippen LogP contribution in [0.5, 0.6) is 0 Å². The van der Waals surface area contributed by atoms with Gasteiger partial charge in [-0.05, 0) is 31.7 Å². The number of nitrogens with zero attached hydrogens (tertiary/aromatic N) is 4. The van der Waals surface area contributed by atoms with Crippen LogP contribution >= 0.6 is 0 Å². The lowest BCUT2D eigenvalue weighted by Gasteiger charge is -2.32. The third kappa shape index (κ3) is 5.30. The third-order valence-corrected chi connectivity index (χ3v) is 5.42. The predicted octanol–water partition coefficient (Wildman–Crippen LogP) is 1.47.